The first kappa shape index (κ1) is 12.0. The Hall–Kier alpha value is -1.10. The Labute approximate surface area is 90.8 Å². The summed E-state index contributed by atoms with van der Waals surface area (Å²) in [6.45, 7) is 2.17. The first-order chi connectivity index (χ1) is 7.17. The molecule has 5 nitrogen and oxygen atoms in total. The molecule has 0 saturated heterocycles. The molecule has 0 aliphatic carbocycles. The third-order valence-corrected chi connectivity index (χ3v) is 2.32. The summed E-state index contributed by atoms with van der Waals surface area (Å²) >= 11 is 0. The van der Waals surface area contributed by atoms with E-state index < -0.39 is 0 Å². The number of anilines is 1. The second kappa shape index (κ2) is 5.70. The van der Waals surface area contributed by atoms with E-state index in [2.05, 4.69) is 22.4 Å². The van der Waals surface area contributed by atoms with Crippen molar-refractivity contribution in [1.29, 1.82) is 0 Å². The van der Waals surface area contributed by atoms with Crippen molar-refractivity contribution >= 4 is 5.95 Å². The van der Waals surface area contributed by atoms with Gasteiger partial charge in [-0.1, -0.05) is 13.3 Å². The van der Waals surface area contributed by atoms with Crippen molar-refractivity contribution in [2.45, 2.75) is 32.2 Å². The van der Waals surface area contributed by atoms with Crippen LogP contribution in [0.25, 0.3) is 0 Å². The van der Waals surface area contributed by atoms with Crippen LogP contribution in [0.4, 0.5) is 5.95 Å². The van der Waals surface area contributed by atoms with Gasteiger partial charge in [0.05, 0.1) is 0 Å². The summed E-state index contributed by atoms with van der Waals surface area (Å²) in [5.41, 5.74) is 0. The maximum absolute atomic E-state index is 5.16. The molecule has 0 aliphatic rings. The van der Waals surface area contributed by atoms with Gasteiger partial charge >= 0.3 is 0 Å². The lowest BCUT2D eigenvalue weighted by atomic mass is 10.1. The van der Waals surface area contributed by atoms with E-state index in [1.807, 2.05) is 26.0 Å². The SMILES string of the molecule is CCCC(Cc1nc(N(C)C)no1)NC. The molecule has 0 spiro atoms. The minimum absolute atomic E-state index is 0.422. The van der Waals surface area contributed by atoms with Crippen molar-refractivity contribution < 1.29 is 4.52 Å². The molecule has 1 heterocycles. The van der Waals surface area contributed by atoms with Gasteiger partial charge in [-0.25, -0.2) is 0 Å². The lowest BCUT2D eigenvalue weighted by Crippen LogP contribution is -2.27. The fraction of sp³-hybridized carbons (Fsp3) is 0.800. The van der Waals surface area contributed by atoms with Gasteiger partial charge in [-0.3, -0.25) is 0 Å². The standard InChI is InChI=1S/C10H20N4O/c1-5-6-8(11-2)7-9-12-10(13-15-9)14(3)4/h8,11H,5-7H2,1-4H3. The molecular weight excluding hydrogens is 192 g/mol. The number of rotatable bonds is 6. The number of hydrogen-bond acceptors (Lipinski definition) is 5. The highest BCUT2D eigenvalue weighted by Crippen LogP contribution is 2.09. The first-order valence-electron chi connectivity index (χ1n) is 5.34. The second-order valence-electron chi connectivity index (χ2n) is 3.86. The Morgan fingerprint density at radius 1 is 1.47 bits per heavy atom. The van der Waals surface area contributed by atoms with E-state index in [4.69, 9.17) is 4.52 Å². The number of likely N-dealkylation sites (N-methyl/N-ethyl adjacent to an activating group) is 1. The molecule has 0 amide bonds. The van der Waals surface area contributed by atoms with Crippen LogP contribution in [0, 0.1) is 0 Å². The molecule has 1 rings (SSSR count). The van der Waals surface area contributed by atoms with Gasteiger partial charge < -0.3 is 14.7 Å². The third-order valence-electron chi connectivity index (χ3n) is 2.32. The fourth-order valence-electron chi connectivity index (χ4n) is 1.42. The molecule has 5 heteroatoms. The van der Waals surface area contributed by atoms with Crippen molar-refractivity contribution in [2.24, 2.45) is 0 Å². The largest absolute Gasteiger partial charge is 0.344 e. The van der Waals surface area contributed by atoms with E-state index in [0.29, 0.717) is 17.9 Å². The lowest BCUT2D eigenvalue weighted by molar-refractivity contribution is 0.355. The van der Waals surface area contributed by atoms with Crippen LogP contribution in [-0.2, 0) is 6.42 Å². The van der Waals surface area contributed by atoms with Crippen LogP contribution >= 0.6 is 0 Å². The smallest absolute Gasteiger partial charge is 0.265 e. The monoisotopic (exact) mass is 212 g/mol. The highest BCUT2D eigenvalue weighted by molar-refractivity contribution is 5.23. The zero-order chi connectivity index (χ0) is 11.3. The van der Waals surface area contributed by atoms with Crippen molar-refractivity contribution in [3.8, 4) is 0 Å². The quantitative estimate of drug-likeness (QED) is 0.764. The molecule has 0 aliphatic heterocycles. The zero-order valence-corrected chi connectivity index (χ0v) is 9.95. The topological polar surface area (TPSA) is 54.2 Å². The maximum atomic E-state index is 5.16. The van der Waals surface area contributed by atoms with Crippen LogP contribution in [0.2, 0.25) is 0 Å². The van der Waals surface area contributed by atoms with E-state index in [1.165, 1.54) is 0 Å². The summed E-state index contributed by atoms with van der Waals surface area (Å²) in [6, 6.07) is 0.422. The molecule has 86 valence electrons. The molecule has 1 aromatic heterocycles. The van der Waals surface area contributed by atoms with Crippen molar-refractivity contribution in [3.05, 3.63) is 5.89 Å². The predicted molar refractivity (Wildman–Crippen MR) is 60.1 cm³/mol. The van der Waals surface area contributed by atoms with Crippen molar-refractivity contribution in [3.63, 3.8) is 0 Å². The van der Waals surface area contributed by atoms with Gasteiger partial charge in [0.15, 0.2) is 0 Å². The molecule has 0 aromatic carbocycles. The van der Waals surface area contributed by atoms with Gasteiger partial charge in [0.1, 0.15) is 0 Å². The summed E-state index contributed by atoms with van der Waals surface area (Å²) in [5, 5.41) is 7.12. The highest BCUT2D eigenvalue weighted by atomic mass is 16.5. The minimum atomic E-state index is 0.422. The van der Waals surface area contributed by atoms with E-state index in [0.717, 1.165) is 19.3 Å². The van der Waals surface area contributed by atoms with Gasteiger partial charge in [0.2, 0.25) is 5.89 Å². The molecular formula is C10H20N4O. The Kier molecular flexibility index (Phi) is 4.55. The second-order valence-corrected chi connectivity index (χ2v) is 3.86. The lowest BCUT2D eigenvalue weighted by Gasteiger charge is -2.11. The molecule has 1 aromatic rings. The van der Waals surface area contributed by atoms with Crippen LogP contribution < -0.4 is 10.2 Å². The number of hydrogen-bond donors (Lipinski definition) is 1. The summed E-state index contributed by atoms with van der Waals surface area (Å²) in [5.74, 6) is 1.34. The van der Waals surface area contributed by atoms with Crippen LogP contribution in [0.3, 0.4) is 0 Å². The van der Waals surface area contributed by atoms with E-state index in [-0.39, 0.29) is 0 Å². The molecule has 0 saturated carbocycles. The average molecular weight is 212 g/mol. The van der Waals surface area contributed by atoms with E-state index in [9.17, 15) is 0 Å². The fourth-order valence-corrected chi connectivity index (χ4v) is 1.42. The summed E-state index contributed by atoms with van der Waals surface area (Å²) < 4.78 is 5.16. The maximum Gasteiger partial charge on any atom is 0.265 e. The Bertz CT molecular complexity index is 285. The minimum Gasteiger partial charge on any atom is -0.344 e. The molecule has 0 bridgehead atoms. The Morgan fingerprint density at radius 2 is 2.20 bits per heavy atom. The molecule has 1 N–H and O–H groups in total. The van der Waals surface area contributed by atoms with Crippen LogP contribution in [0.5, 0.6) is 0 Å². The summed E-state index contributed by atoms with van der Waals surface area (Å²) in [6.07, 6.45) is 3.07. The van der Waals surface area contributed by atoms with Gasteiger partial charge in [0, 0.05) is 26.6 Å². The number of nitrogens with zero attached hydrogens (tertiary/aromatic N) is 3. The van der Waals surface area contributed by atoms with E-state index in [1.54, 1.807) is 0 Å². The van der Waals surface area contributed by atoms with Gasteiger partial charge in [0.25, 0.3) is 5.95 Å². The average Bonchev–Trinajstić information content (AvgIpc) is 2.65. The van der Waals surface area contributed by atoms with E-state index >= 15 is 0 Å². The van der Waals surface area contributed by atoms with Crippen molar-refractivity contribution in [2.75, 3.05) is 26.0 Å². The Morgan fingerprint density at radius 3 is 2.67 bits per heavy atom. The van der Waals surface area contributed by atoms with Gasteiger partial charge in [-0.15, -0.1) is 0 Å². The Balaban J connectivity index is 2.55. The van der Waals surface area contributed by atoms with Crippen LogP contribution in [0.1, 0.15) is 25.7 Å². The summed E-state index contributed by atoms with van der Waals surface area (Å²) in [4.78, 5) is 6.12. The molecule has 1 atom stereocenters. The zero-order valence-electron chi connectivity index (χ0n) is 9.95. The number of aromatic nitrogens is 2. The van der Waals surface area contributed by atoms with Crippen LogP contribution in [-0.4, -0.2) is 37.3 Å². The van der Waals surface area contributed by atoms with Crippen LogP contribution in [0.15, 0.2) is 4.52 Å². The summed E-state index contributed by atoms with van der Waals surface area (Å²) in [7, 11) is 5.76. The molecule has 0 radical (unpaired) electrons. The first-order valence-corrected chi connectivity index (χ1v) is 5.34. The molecule has 15 heavy (non-hydrogen) atoms. The molecule has 0 fully saturated rings. The predicted octanol–water partition coefficient (Wildman–Crippen LogP) is 1.07. The van der Waals surface area contributed by atoms with Gasteiger partial charge in [-0.2, -0.15) is 4.98 Å². The number of nitrogens with one attached hydrogen (secondary N) is 1. The van der Waals surface area contributed by atoms with Gasteiger partial charge in [-0.05, 0) is 18.6 Å². The van der Waals surface area contributed by atoms with Crippen molar-refractivity contribution in [1.82, 2.24) is 15.5 Å². The highest BCUT2D eigenvalue weighted by Gasteiger charge is 2.12. The normalized spacial score (nSPS) is 12.8. The third kappa shape index (κ3) is 3.51. The molecule has 1 unspecified atom stereocenters.